The van der Waals surface area contributed by atoms with Crippen molar-refractivity contribution < 1.29 is 0 Å². The first-order chi connectivity index (χ1) is 17.5. The van der Waals surface area contributed by atoms with E-state index in [-0.39, 0.29) is 5.56 Å². The number of nitrogens with one attached hydrogen (secondary N) is 1. The molecule has 0 amide bonds. The highest BCUT2D eigenvalue weighted by Crippen LogP contribution is 2.31. The molecule has 0 saturated carbocycles. The second-order valence-electron chi connectivity index (χ2n) is 10.2. The van der Waals surface area contributed by atoms with Crippen molar-refractivity contribution in [2.24, 2.45) is 5.92 Å². The summed E-state index contributed by atoms with van der Waals surface area (Å²) in [6.45, 7) is 10.2. The summed E-state index contributed by atoms with van der Waals surface area (Å²) >= 11 is 1.82. The molecule has 2 aromatic heterocycles. The van der Waals surface area contributed by atoms with Crippen molar-refractivity contribution in [3.8, 4) is 11.1 Å². The second-order valence-corrected chi connectivity index (χ2v) is 11.4. The van der Waals surface area contributed by atoms with Gasteiger partial charge in [0.25, 0.3) is 5.56 Å². The van der Waals surface area contributed by atoms with Gasteiger partial charge in [-0.25, -0.2) is 9.29 Å². The van der Waals surface area contributed by atoms with E-state index in [9.17, 15) is 4.79 Å². The van der Waals surface area contributed by atoms with Crippen LogP contribution in [-0.4, -0.2) is 63.5 Å². The van der Waals surface area contributed by atoms with Crippen LogP contribution >= 0.6 is 11.9 Å². The zero-order valence-corrected chi connectivity index (χ0v) is 22.6. The fourth-order valence-electron chi connectivity index (χ4n) is 5.39. The third-order valence-electron chi connectivity index (χ3n) is 7.60. The number of hydrogen-bond acceptors (Lipinski definition) is 7. The molecule has 0 atom stereocenters. The molecule has 36 heavy (non-hydrogen) atoms. The Kier molecular flexibility index (Phi) is 7.93. The number of aryl methyl sites for hydroxylation is 2. The molecule has 3 aromatic rings. The van der Waals surface area contributed by atoms with Crippen molar-refractivity contribution in [2.75, 3.05) is 45.1 Å². The van der Waals surface area contributed by atoms with Crippen molar-refractivity contribution in [1.29, 1.82) is 0 Å². The Balaban J connectivity index is 1.35. The molecule has 0 aliphatic carbocycles. The Morgan fingerprint density at radius 1 is 1.08 bits per heavy atom. The first-order valence-electron chi connectivity index (χ1n) is 13.4. The summed E-state index contributed by atoms with van der Waals surface area (Å²) in [5, 5.41) is 4.29. The summed E-state index contributed by atoms with van der Waals surface area (Å²) in [5.74, 6) is 1.36. The van der Waals surface area contributed by atoms with Gasteiger partial charge < -0.3 is 10.2 Å². The number of hydrogen-bond donors (Lipinski definition) is 1. The van der Waals surface area contributed by atoms with Crippen LogP contribution < -0.4 is 10.9 Å². The monoisotopic (exact) mass is 506 g/mol. The lowest BCUT2D eigenvalue weighted by Crippen LogP contribution is -2.31. The number of likely N-dealkylation sites (tertiary alicyclic amines) is 1. The maximum Gasteiger partial charge on any atom is 0.260 e. The van der Waals surface area contributed by atoms with Gasteiger partial charge in [0, 0.05) is 48.2 Å². The van der Waals surface area contributed by atoms with E-state index in [0.717, 1.165) is 48.5 Å². The zero-order chi connectivity index (χ0) is 25.1. The lowest BCUT2D eigenvalue weighted by atomic mass is 9.94. The number of piperidine rings is 1. The van der Waals surface area contributed by atoms with Crippen LogP contribution in [0.25, 0.3) is 22.2 Å². The van der Waals surface area contributed by atoms with Gasteiger partial charge in [-0.3, -0.25) is 9.36 Å². The summed E-state index contributed by atoms with van der Waals surface area (Å²) in [6.07, 6.45) is 8.03. The van der Waals surface area contributed by atoms with Crippen molar-refractivity contribution in [1.82, 2.24) is 23.7 Å². The smallest absolute Gasteiger partial charge is 0.260 e. The van der Waals surface area contributed by atoms with Crippen molar-refractivity contribution in [3.63, 3.8) is 0 Å². The molecule has 1 aromatic carbocycles. The average Bonchev–Trinajstić information content (AvgIpc) is 3.38. The van der Waals surface area contributed by atoms with Gasteiger partial charge in [0.2, 0.25) is 5.95 Å². The van der Waals surface area contributed by atoms with E-state index in [1.165, 1.54) is 43.7 Å². The van der Waals surface area contributed by atoms with E-state index in [4.69, 9.17) is 4.98 Å². The van der Waals surface area contributed by atoms with E-state index >= 15 is 0 Å². The Labute approximate surface area is 218 Å². The molecule has 2 saturated heterocycles. The van der Waals surface area contributed by atoms with Gasteiger partial charge in [0.15, 0.2) is 0 Å². The van der Waals surface area contributed by atoms with Crippen LogP contribution in [0.3, 0.4) is 0 Å². The molecule has 5 rings (SSSR count). The molecule has 4 heterocycles. The van der Waals surface area contributed by atoms with Crippen LogP contribution in [0, 0.1) is 12.8 Å². The van der Waals surface area contributed by atoms with Gasteiger partial charge in [0.1, 0.15) is 5.65 Å². The molecule has 8 heteroatoms. The fourth-order valence-corrected chi connectivity index (χ4v) is 6.49. The zero-order valence-electron chi connectivity index (χ0n) is 21.8. The Morgan fingerprint density at radius 2 is 1.86 bits per heavy atom. The summed E-state index contributed by atoms with van der Waals surface area (Å²) in [6, 6.07) is 8.39. The highest BCUT2D eigenvalue weighted by Gasteiger charge is 2.18. The maximum atomic E-state index is 13.6. The second kappa shape index (κ2) is 11.3. The minimum Gasteiger partial charge on any atom is -0.354 e. The van der Waals surface area contributed by atoms with Gasteiger partial charge in [-0.05, 0) is 113 Å². The number of anilines is 1. The summed E-state index contributed by atoms with van der Waals surface area (Å²) < 4.78 is 4.20. The normalized spacial score (nSPS) is 17.8. The lowest BCUT2D eigenvalue weighted by molar-refractivity contribution is 0.215. The highest BCUT2D eigenvalue weighted by atomic mass is 32.2. The van der Waals surface area contributed by atoms with Crippen LogP contribution in [-0.2, 0) is 6.54 Å². The third kappa shape index (κ3) is 5.61. The van der Waals surface area contributed by atoms with Crippen LogP contribution in [0.2, 0.25) is 0 Å². The lowest BCUT2D eigenvalue weighted by Gasteiger charge is -2.28. The first kappa shape index (κ1) is 25.2. The predicted molar refractivity (Wildman–Crippen MR) is 150 cm³/mol. The molecule has 0 unspecified atom stereocenters. The highest BCUT2D eigenvalue weighted by molar-refractivity contribution is 7.97. The van der Waals surface area contributed by atoms with E-state index in [2.05, 4.69) is 51.7 Å². The molecule has 0 radical (unpaired) electrons. The van der Waals surface area contributed by atoms with Crippen LogP contribution in [0.5, 0.6) is 0 Å². The molecule has 7 nitrogen and oxygen atoms in total. The van der Waals surface area contributed by atoms with Gasteiger partial charge in [-0.1, -0.05) is 6.07 Å². The third-order valence-corrected chi connectivity index (χ3v) is 8.69. The summed E-state index contributed by atoms with van der Waals surface area (Å²) in [4.78, 5) is 26.5. The number of nitrogens with zero attached hydrogens (tertiary/aromatic N) is 5. The molecular formula is C28H38N6OS. The maximum absolute atomic E-state index is 13.6. The summed E-state index contributed by atoms with van der Waals surface area (Å²) in [7, 11) is 2.20. The molecule has 2 aliphatic rings. The van der Waals surface area contributed by atoms with Gasteiger partial charge in [-0.15, -0.1) is 0 Å². The Bertz CT molecular complexity index is 1260. The van der Waals surface area contributed by atoms with E-state index in [1.54, 1.807) is 4.57 Å². The number of fused-ring (bicyclic) bond motifs is 1. The molecule has 0 bridgehead atoms. The average molecular weight is 507 g/mol. The van der Waals surface area contributed by atoms with Gasteiger partial charge in [0.05, 0.1) is 0 Å². The predicted octanol–water partition coefficient (Wildman–Crippen LogP) is 5.03. The minimum absolute atomic E-state index is 0.00372. The van der Waals surface area contributed by atoms with Crippen molar-refractivity contribution in [2.45, 2.75) is 57.4 Å². The molecule has 192 valence electrons. The van der Waals surface area contributed by atoms with E-state index in [0.29, 0.717) is 23.7 Å². The summed E-state index contributed by atoms with van der Waals surface area (Å²) in [5.41, 5.74) is 3.51. The molecule has 1 N–H and O–H groups in total. The number of rotatable bonds is 8. The van der Waals surface area contributed by atoms with Crippen LogP contribution in [0.4, 0.5) is 5.95 Å². The number of pyridine rings is 1. The van der Waals surface area contributed by atoms with Crippen LogP contribution in [0.15, 0.2) is 40.2 Å². The quantitative estimate of drug-likeness (QED) is 0.430. The van der Waals surface area contributed by atoms with Crippen molar-refractivity contribution >= 4 is 28.9 Å². The molecular weight excluding hydrogens is 468 g/mol. The molecule has 2 aliphatic heterocycles. The Hall–Kier alpha value is -2.42. The van der Waals surface area contributed by atoms with E-state index in [1.807, 2.05) is 31.1 Å². The number of benzene rings is 1. The topological polar surface area (TPSA) is 66.3 Å². The van der Waals surface area contributed by atoms with Gasteiger partial charge in [-0.2, -0.15) is 4.98 Å². The fraction of sp³-hybridized carbons (Fsp3) is 0.536. The largest absolute Gasteiger partial charge is 0.354 e. The van der Waals surface area contributed by atoms with Crippen LogP contribution in [0.1, 0.15) is 44.6 Å². The van der Waals surface area contributed by atoms with Crippen molar-refractivity contribution in [3.05, 3.63) is 46.4 Å². The minimum atomic E-state index is 0.00372. The molecule has 2 fully saturated rings. The first-order valence-corrected chi connectivity index (χ1v) is 14.2. The standard InChI is InChI=1S/C28H38N6OS/c1-4-34-26-22(19-30-28(31-26)29-12-9-21-10-15-32(3)16-11-21)18-25(27(34)35)24-8-7-23(17-20(24)2)36-33-13-5-6-14-33/h7-8,17-19,21H,4-6,9-16H2,1-3H3,(H,29,30,31). The Morgan fingerprint density at radius 3 is 2.58 bits per heavy atom. The van der Waals surface area contributed by atoms with E-state index < -0.39 is 0 Å². The molecule has 0 spiro atoms. The SMILES string of the molecule is CCn1c(=O)c(-c2ccc(SN3CCCC3)cc2C)cc2cnc(NCCC3CCN(C)CC3)nc21. The number of aromatic nitrogens is 3. The van der Waals surface area contributed by atoms with Gasteiger partial charge >= 0.3 is 0 Å².